The van der Waals surface area contributed by atoms with Crippen molar-refractivity contribution < 1.29 is 19.4 Å². The van der Waals surface area contributed by atoms with Crippen LogP contribution in [0.25, 0.3) is 5.65 Å². The van der Waals surface area contributed by atoms with Gasteiger partial charge in [-0.2, -0.15) is 9.61 Å². The molecule has 0 bridgehead atoms. The summed E-state index contributed by atoms with van der Waals surface area (Å²) >= 11 is 0. The SMILES string of the molecule is CCCCC[C@H](CCO)NC(=O)c1cnn2c(N(C)C(=O)OC(C)(C)C)cc(Nc3cccn(C(C)C)c3=O)nc12. The zero-order valence-corrected chi connectivity index (χ0v) is 25.1. The molecule has 224 valence electrons. The molecular weight excluding hydrogens is 526 g/mol. The van der Waals surface area contributed by atoms with E-state index in [0.717, 1.165) is 25.7 Å². The minimum absolute atomic E-state index is 0.0477. The van der Waals surface area contributed by atoms with Gasteiger partial charge in [0.05, 0.1) is 6.20 Å². The number of hydrogen-bond acceptors (Lipinski definition) is 8. The Hall–Kier alpha value is -3.93. The molecular formula is C29H43N7O5. The van der Waals surface area contributed by atoms with Crippen molar-refractivity contribution in [1.29, 1.82) is 0 Å². The van der Waals surface area contributed by atoms with Crippen LogP contribution in [0.4, 0.5) is 22.1 Å². The normalized spacial score (nSPS) is 12.4. The van der Waals surface area contributed by atoms with Crippen LogP contribution in [-0.4, -0.2) is 61.6 Å². The van der Waals surface area contributed by atoms with Gasteiger partial charge in [0.15, 0.2) is 5.65 Å². The molecule has 3 rings (SSSR count). The van der Waals surface area contributed by atoms with Crippen molar-refractivity contribution in [2.45, 2.75) is 91.3 Å². The van der Waals surface area contributed by atoms with Crippen LogP contribution in [0.1, 0.15) is 90.0 Å². The van der Waals surface area contributed by atoms with E-state index in [0.29, 0.717) is 6.42 Å². The molecule has 12 heteroatoms. The maximum atomic E-state index is 13.4. The van der Waals surface area contributed by atoms with Crippen molar-refractivity contribution in [3.05, 3.63) is 46.5 Å². The van der Waals surface area contributed by atoms with Crippen LogP contribution in [0.5, 0.6) is 0 Å². The molecule has 1 atom stereocenters. The van der Waals surface area contributed by atoms with E-state index < -0.39 is 17.6 Å². The average Bonchev–Trinajstić information content (AvgIpc) is 3.32. The van der Waals surface area contributed by atoms with Crippen LogP contribution in [0.3, 0.4) is 0 Å². The molecule has 0 aromatic carbocycles. The Morgan fingerprint density at radius 1 is 1.20 bits per heavy atom. The van der Waals surface area contributed by atoms with Crippen molar-refractivity contribution in [3.8, 4) is 0 Å². The van der Waals surface area contributed by atoms with Crippen molar-refractivity contribution in [3.63, 3.8) is 0 Å². The number of pyridine rings is 1. The number of anilines is 3. The largest absolute Gasteiger partial charge is 0.443 e. The van der Waals surface area contributed by atoms with Crippen molar-refractivity contribution in [2.75, 3.05) is 23.9 Å². The smallest absolute Gasteiger partial charge is 0.415 e. The number of aliphatic hydroxyl groups excluding tert-OH is 1. The Morgan fingerprint density at radius 3 is 2.56 bits per heavy atom. The first-order valence-electron chi connectivity index (χ1n) is 14.1. The number of ether oxygens (including phenoxy) is 1. The molecule has 0 unspecified atom stereocenters. The number of rotatable bonds is 12. The lowest BCUT2D eigenvalue weighted by Crippen LogP contribution is -2.36. The fourth-order valence-corrected chi connectivity index (χ4v) is 4.33. The Bertz CT molecular complexity index is 1410. The summed E-state index contributed by atoms with van der Waals surface area (Å²) < 4.78 is 8.53. The second-order valence-electron chi connectivity index (χ2n) is 11.4. The number of amides is 2. The Labute approximate surface area is 240 Å². The summed E-state index contributed by atoms with van der Waals surface area (Å²) in [6.07, 6.45) is 6.65. The number of fused-ring (bicyclic) bond motifs is 1. The first-order valence-corrected chi connectivity index (χ1v) is 14.1. The molecule has 0 saturated carbocycles. The van der Waals surface area contributed by atoms with E-state index in [1.165, 1.54) is 22.7 Å². The highest BCUT2D eigenvalue weighted by Gasteiger charge is 2.26. The molecule has 0 spiro atoms. The molecule has 0 fully saturated rings. The molecule has 3 heterocycles. The molecule has 12 nitrogen and oxygen atoms in total. The van der Waals surface area contributed by atoms with Crippen LogP contribution in [0, 0.1) is 0 Å². The minimum Gasteiger partial charge on any atom is -0.443 e. The molecule has 3 N–H and O–H groups in total. The van der Waals surface area contributed by atoms with Crippen LogP contribution in [-0.2, 0) is 4.74 Å². The fraction of sp³-hybridized carbons (Fsp3) is 0.552. The van der Waals surface area contributed by atoms with Crippen LogP contribution in [0.2, 0.25) is 0 Å². The van der Waals surface area contributed by atoms with E-state index >= 15 is 0 Å². The summed E-state index contributed by atoms with van der Waals surface area (Å²) in [6, 6.07) is 4.70. The van der Waals surface area contributed by atoms with E-state index in [4.69, 9.17) is 4.74 Å². The zero-order chi connectivity index (χ0) is 30.3. The molecule has 2 amide bonds. The average molecular weight is 570 g/mol. The van der Waals surface area contributed by atoms with Crippen molar-refractivity contribution in [1.82, 2.24) is 24.5 Å². The van der Waals surface area contributed by atoms with E-state index in [9.17, 15) is 19.5 Å². The zero-order valence-electron chi connectivity index (χ0n) is 25.1. The van der Waals surface area contributed by atoms with E-state index in [2.05, 4.69) is 27.6 Å². The fourth-order valence-electron chi connectivity index (χ4n) is 4.33. The first kappa shape index (κ1) is 31.6. The predicted octanol–water partition coefficient (Wildman–Crippen LogP) is 4.65. The molecule has 0 aliphatic rings. The van der Waals surface area contributed by atoms with Gasteiger partial charge in [0.2, 0.25) is 0 Å². The minimum atomic E-state index is -0.737. The summed E-state index contributed by atoms with van der Waals surface area (Å²) in [5.41, 5.74) is -0.308. The van der Waals surface area contributed by atoms with Gasteiger partial charge in [0.25, 0.3) is 11.5 Å². The van der Waals surface area contributed by atoms with Crippen molar-refractivity contribution >= 4 is 35.0 Å². The maximum Gasteiger partial charge on any atom is 0.415 e. The molecule has 41 heavy (non-hydrogen) atoms. The topological polar surface area (TPSA) is 143 Å². The summed E-state index contributed by atoms with van der Waals surface area (Å²) in [5.74, 6) is 0.124. The first-order chi connectivity index (χ1) is 19.4. The summed E-state index contributed by atoms with van der Waals surface area (Å²) in [6.45, 7) is 11.2. The van der Waals surface area contributed by atoms with Gasteiger partial charge in [-0.1, -0.05) is 26.2 Å². The third kappa shape index (κ3) is 8.06. The van der Waals surface area contributed by atoms with Gasteiger partial charge in [-0.25, -0.2) is 9.78 Å². The monoisotopic (exact) mass is 569 g/mol. The Balaban J connectivity index is 2.07. The lowest BCUT2D eigenvalue weighted by molar-refractivity contribution is 0.0587. The number of hydrogen-bond donors (Lipinski definition) is 3. The van der Waals surface area contributed by atoms with Gasteiger partial charge in [-0.05, 0) is 59.6 Å². The van der Waals surface area contributed by atoms with Gasteiger partial charge >= 0.3 is 6.09 Å². The second-order valence-corrected chi connectivity index (χ2v) is 11.4. The van der Waals surface area contributed by atoms with Gasteiger partial charge in [0, 0.05) is 38.0 Å². The number of unbranched alkanes of at least 4 members (excludes halogenated alkanes) is 2. The number of carbonyl (C=O) groups is 2. The van der Waals surface area contributed by atoms with Gasteiger partial charge in [-0.15, -0.1) is 0 Å². The maximum absolute atomic E-state index is 13.4. The number of aromatic nitrogens is 4. The molecule has 0 radical (unpaired) electrons. The van der Waals surface area contributed by atoms with Gasteiger partial charge in [0.1, 0.15) is 28.5 Å². The standard InChI is InChI=1S/C29H43N7O5/c1-8-9-10-12-20(14-16-37)31-26(38)21-18-30-36-24(34(7)28(40)41-29(4,5)6)17-23(33-25(21)36)32-22-13-11-15-35(19(2)3)27(22)39/h11,13,15,17-20,37H,8-10,12,14,16H2,1-7H3,(H,31,38)(H,32,33)/t20-/m1/s1. The second kappa shape index (κ2) is 13.6. The van der Waals surface area contributed by atoms with Gasteiger partial charge in [-0.3, -0.25) is 14.5 Å². The highest BCUT2D eigenvalue weighted by molar-refractivity contribution is 6.00. The number of nitrogens with one attached hydrogen (secondary N) is 2. The van der Waals surface area contributed by atoms with Crippen LogP contribution < -0.4 is 21.1 Å². The van der Waals surface area contributed by atoms with Crippen LogP contribution >= 0.6 is 0 Å². The predicted molar refractivity (Wildman–Crippen MR) is 159 cm³/mol. The lowest BCUT2D eigenvalue weighted by atomic mass is 10.1. The Kier molecular flexibility index (Phi) is 10.5. The van der Waals surface area contributed by atoms with Crippen LogP contribution in [0.15, 0.2) is 35.4 Å². The highest BCUT2D eigenvalue weighted by atomic mass is 16.6. The number of carbonyl (C=O) groups excluding carboxylic acids is 2. The Morgan fingerprint density at radius 2 is 1.93 bits per heavy atom. The molecule has 0 aliphatic heterocycles. The highest BCUT2D eigenvalue weighted by Crippen LogP contribution is 2.25. The van der Waals surface area contributed by atoms with Crippen molar-refractivity contribution in [2.24, 2.45) is 0 Å². The lowest BCUT2D eigenvalue weighted by Gasteiger charge is -2.25. The summed E-state index contributed by atoms with van der Waals surface area (Å²) in [4.78, 5) is 45.4. The molecule has 3 aromatic rings. The third-order valence-corrected chi connectivity index (χ3v) is 6.47. The summed E-state index contributed by atoms with van der Waals surface area (Å²) in [5, 5.41) is 20.0. The van der Waals surface area contributed by atoms with E-state index in [1.807, 2.05) is 13.8 Å². The van der Waals surface area contributed by atoms with E-state index in [1.54, 1.807) is 49.7 Å². The molecule has 0 saturated heterocycles. The number of aliphatic hydroxyl groups is 1. The third-order valence-electron chi connectivity index (χ3n) is 6.47. The quantitative estimate of drug-likeness (QED) is 0.268. The summed E-state index contributed by atoms with van der Waals surface area (Å²) in [7, 11) is 1.54. The molecule has 3 aromatic heterocycles. The molecule has 0 aliphatic carbocycles. The number of nitrogens with zero attached hydrogens (tertiary/aromatic N) is 5. The van der Waals surface area contributed by atoms with Gasteiger partial charge < -0.3 is 25.0 Å². The van der Waals surface area contributed by atoms with E-state index in [-0.39, 0.29) is 52.8 Å².